The summed E-state index contributed by atoms with van der Waals surface area (Å²) in [6.45, 7) is 7.80. The van der Waals surface area contributed by atoms with Crippen molar-refractivity contribution < 1.29 is 9.90 Å². The molecule has 1 aromatic heterocycles. The molecule has 0 aliphatic carbocycles. The maximum Gasteiger partial charge on any atom is 0.269 e. The molecular weight excluding hydrogens is 274 g/mol. The van der Waals surface area contributed by atoms with Gasteiger partial charge in [-0.1, -0.05) is 31.3 Å². The van der Waals surface area contributed by atoms with Gasteiger partial charge in [0.2, 0.25) is 0 Å². The quantitative estimate of drug-likeness (QED) is 0.834. The number of aromatic hydroxyl groups is 1. The van der Waals surface area contributed by atoms with Crippen molar-refractivity contribution in [2.75, 3.05) is 5.32 Å². The molecule has 0 bridgehead atoms. The minimum absolute atomic E-state index is 0.0492. The molecule has 0 saturated heterocycles. The number of hydrogen-bond donors (Lipinski definition) is 2. The lowest BCUT2D eigenvalue weighted by molar-refractivity contribution is 0.102. The Labute approximate surface area is 121 Å². The van der Waals surface area contributed by atoms with Crippen LogP contribution in [0.2, 0.25) is 0 Å². The Hall–Kier alpha value is -1.95. The number of nitrogens with one attached hydrogen (secondary N) is 1. The number of benzene rings is 1. The first-order valence-corrected chi connectivity index (χ1v) is 7.00. The minimum Gasteiger partial charge on any atom is -0.506 e. The van der Waals surface area contributed by atoms with E-state index in [0.29, 0.717) is 16.3 Å². The smallest absolute Gasteiger partial charge is 0.269 e. The number of phenols is 1. The number of carbonyl (C=O) groups is 1. The van der Waals surface area contributed by atoms with Crippen molar-refractivity contribution in [3.63, 3.8) is 0 Å². The van der Waals surface area contributed by atoms with E-state index in [2.05, 4.69) is 14.9 Å². The fraction of sp³-hybridized carbons (Fsp3) is 0.357. The van der Waals surface area contributed by atoms with Gasteiger partial charge >= 0.3 is 0 Å². The van der Waals surface area contributed by atoms with E-state index in [9.17, 15) is 9.90 Å². The highest BCUT2D eigenvalue weighted by Gasteiger charge is 2.26. The predicted octanol–water partition coefficient (Wildman–Crippen LogP) is 3.10. The molecule has 0 unspecified atom stereocenters. The third-order valence-corrected chi connectivity index (χ3v) is 3.53. The minimum atomic E-state index is -0.302. The zero-order valence-corrected chi connectivity index (χ0v) is 12.7. The summed E-state index contributed by atoms with van der Waals surface area (Å²) in [7, 11) is 0. The zero-order valence-electron chi connectivity index (χ0n) is 11.9. The Bertz CT molecular complexity index is 644. The van der Waals surface area contributed by atoms with Crippen LogP contribution in [0.1, 0.15) is 41.7 Å². The average molecular weight is 291 g/mol. The number of aryl methyl sites for hydroxylation is 1. The van der Waals surface area contributed by atoms with Crippen molar-refractivity contribution in [3.05, 3.63) is 34.3 Å². The van der Waals surface area contributed by atoms with Crippen molar-refractivity contribution in [2.24, 2.45) is 0 Å². The lowest BCUT2D eigenvalue weighted by Crippen LogP contribution is -2.19. The number of rotatable bonds is 2. The maximum atomic E-state index is 12.3. The van der Waals surface area contributed by atoms with Crippen LogP contribution in [0.3, 0.4) is 0 Å². The molecule has 2 aromatic rings. The highest BCUT2D eigenvalue weighted by atomic mass is 32.1. The average Bonchev–Trinajstić information content (AvgIpc) is 2.81. The van der Waals surface area contributed by atoms with Gasteiger partial charge in [-0.3, -0.25) is 4.79 Å². The summed E-state index contributed by atoms with van der Waals surface area (Å²) in [5, 5.41) is 16.6. The molecule has 0 aliphatic rings. The van der Waals surface area contributed by atoms with Crippen LogP contribution in [0.4, 0.5) is 5.69 Å². The maximum absolute atomic E-state index is 12.3. The van der Waals surface area contributed by atoms with Gasteiger partial charge in [0.1, 0.15) is 10.6 Å². The van der Waals surface area contributed by atoms with Crippen LogP contribution in [0.15, 0.2) is 18.2 Å². The number of aromatic nitrogens is 2. The summed E-state index contributed by atoms with van der Waals surface area (Å²) >= 11 is 1.06. The Morgan fingerprint density at radius 2 is 2.05 bits per heavy atom. The van der Waals surface area contributed by atoms with Crippen molar-refractivity contribution in [2.45, 2.75) is 33.1 Å². The van der Waals surface area contributed by atoms with Crippen molar-refractivity contribution in [3.8, 4) is 5.75 Å². The summed E-state index contributed by atoms with van der Waals surface area (Å²) in [4.78, 5) is 12.8. The second-order valence-corrected chi connectivity index (χ2v) is 6.43. The second kappa shape index (κ2) is 5.20. The first-order chi connectivity index (χ1) is 9.29. The Kier molecular flexibility index (Phi) is 3.76. The number of nitrogens with zero attached hydrogens (tertiary/aromatic N) is 2. The highest BCUT2D eigenvalue weighted by Crippen LogP contribution is 2.28. The molecule has 2 rings (SSSR count). The van der Waals surface area contributed by atoms with Gasteiger partial charge in [-0.25, -0.2) is 0 Å². The van der Waals surface area contributed by atoms with Gasteiger partial charge in [-0.05, 0) is 36.2 Å². The van der Waals surface area contributed by atoms with Crippen LogP contribution in [-0.4, -0.2) is 20.6 Å². The van der Waals surface area contributed by atoms with E-state index < -0.39 is 0 Å². The third kappa shape index (κ3) is 2.96. The predicted molar refractivity (Wildman–Crippen MR) is 79.4 cm³/mol. The van der Waals surface area contributed by atoms with E-state index in [1.807, 2.05) is 33.8 Å². The summed E-state index contributed by atoms with van der Waals surface area (Å²) in [6, 6.07) is 5.10. The Morgan fingerprint density at radius 3 is 2.65 bits per heavy atom. The third-order valence-electron chi connectivity index (χ3n) is 2.81. The molecule has 1 heterocycles. The SMILES string of the molecule is Cc1ccc(NC(=O)c2snnc2C(C)(C)C)c(O)c1. The van der Waals surface area contributed by atoms with E-state index >= 15 is 0 Å². The van der Waals surface area contributed by atoms with Crippen LogP contribution in [0, 0.1) is 6.92 Å². The van der Waals surface area contributed by atoms with Gasteiger partial charge in [0, 0.05) is 5.41 Å². The zero-order chi connectivity index (χ0) is 14.9. The van der Waals surface area contributed by atoms with Gasteiger partial charge in [0.25, 0.3) is 5.91 Å². The van der Waals surface area contributed by atoms with Crippen molar-refractivity contribution in [1.82, 2.24) is 9.59 Å². The second-order valence-electron chi connectivity index (χ2n) is 5.68. The van der Waals surface area contributed by atoms with Crippen molar-refractivity contribution in [1.29, 1.82) is 0 Å². The summed E-state index contributed by atoms with van der Waals surface area (Å²) in [5.74, 6) is -0.253. The molecule has 0 radical (unpaired) electrons. The molecule has 1 amide bonds. The fourth-order valence-electron chi connectivity index (χ4n) is 1.76. The van der Waals surface area contributed by atoms with Crippen LogP contribution < -0.4 is 5.32 Å². The first-order valence-electron chi connectivity index (χ1n) is 6.23. The normalized spacial score (nSPS) is 11.4. The lowest BCUT2D eigenvalue weighted by atomic mass is 9.91. The van der Waals surface area contributed by atoms with Crippen LogP contribution in [0.25, 0.3) is 0 Å². The summed E-state index contributed by atoms with van der Waals surface area (Å²) in [6.07, 6.45) is 0. The van der Waals surface area contributed by atoms with Gasteiger partial charge in [0.15, 0.2) is 0 Å². The van der Waals surface area contributed by atoms with E-state index in [4.69, 9.17) is 0 Å². The van der Waals surface area contributed by atoms with Crippen LogP contribution in [-0.2, 0) is 5.41 Å². The van der Waals surface area contributed by atoms with Gasteiger partial charge in [-0.2, -0.15) is 0 Å². The highest BCUT2D eigenvalue weighted by molar-refractivity contribution is 7.08. The Morgan fingerprint density at radius 1 is 1.35 bits per heavy atom. The van der Waals surface area contributed by atoms with Gasteiger partial charge < -0.3 is 10.4 Å². The molecule has 1 aromatic carbocycles. The molecule has 0 aliphatic heterocycles. The number of carbonyl (C=O) groups excluding carboxylic acids is 1. The molecule has 0 fully saturated rings. The number of anilines is 1. The topological polar surface area (TPSA) is 75.1 Å². The molecule has 0 atom stereocenters. The number of amides is 1. The first kappa shape index (κ1) is 14.5. The summed E-state index contributed by atoms with van der Waals surface area (Å²) in [5.41, 5.74) is 1.71. The molecule has 5 nitrogen and oxygen atoms in total. The van der Waals surface area contributed by atoms with Crippen LogP contribution in [0.5, 0.6) is 5.75 Å². The van der Waals surface area contributed by atoms with E-state index in [-0.39, 0.29) is 17.1 Å². The number of phenolic OH excluding ortho intramolecular Hbond substituents is 1. The van der Waals surface area contributed by atoms with Crippen LogP contribution >= 0.6 is 11.5 Å². The van der Waals surface area contributed by atoms with Gasteiger partial charge in [0.05, 0.1) is 11.4 Å². The standard InChI is InChI=1S/C14H17N3O2S/c1-8-5-6-9(10(18)7-8)15-13(19)11-12(14(2,3)4)16-17-20-11/h5-7,18H,1-4H3,(H,15,19). The summed E-state index contributed by atoms with van der Waals surface area (Å²) < 4.78 is 3.86. The molecule has 0 spiro atoms. The Balaban J connectivity index is 2.27. The molecule has 106 valence electrons. The lowest BCUT2D eigenvalue weighted by Gasteiger charge is -2.16. The van der Waals surface area contributed by atoms with E-state index in [1.165, 1.54) is 0 Å². The number of hydrogen-bond acceptors (Lipinski definition) is 5. The van der Waals surface area contributed by atoms with E-state index in [1.54, 1.807) is 12.1 Å². The molecule has 6 heteroatoms. The molecule has 20 heavy (non-hydrogen) atoms. The molecule has 0 saturated carbocycles. The van der Waals surface area contributed by atoms with Gasteiger partial charge in [-0.15, -0.1) is 5.10 Å². The molecular formula is C14H17N3O2S. The van der Waals surface area contributed by atoms with Crippen molar-refractivity contribution >= 4 is 23.1 Å². The van der Waals surface area contributed by atoms with E-state index in [0.717, 1.165) is 17.1 Å². The fourth-order valence-corrected chi connectivity index (χ4v) is 2.53. The molecule has 2 N–H and O–H groups in total. The monoisotopic (exact) mass is 291 g/mol. The largest absolute Gasteiger partial charge is 0.506 e.